The Hall–Kier alpha value is -0.843. The molecule has 0 saturated carbocycles. The lowest BCUT2D eigenvalue weighted by molar-refractivity contribution is -0.213. The highest BCUT2D eigenvalue weighted by molar-refractivity contribution is 6.74. The third-order valence-corrected chi connectivity index (χ3v) is 10.2. The fourth-order valence-electron chi connectivity index (χ4n) is 3.08. The first-order valence-corrected chi connectivity index (χ1v) is 13.1. The van der Waals surface area contributed by atoms with Crippen LogP contribution >= 0.6 is 0 Å². The molecule has 1 aliphatic heterocycles. The van der Waals surface area contributed by atoms with E-state index in [1.807, 2.05) is 33.9 Å². The minimum Gasteiger partial charge on any atom is -0.444 e. The standard InChI is InChI=1S/C20H38F3NO5Si/c1-17(2,3)28-16(26)24-14(12-27-19(24,7)8)15(13(11-25)20(21,22)23)29-30(9,10)18(4,5)6/h13-15,25H,11-12H2,1-10H3/t13-,14?,15+/m0/s1. The topological polar surface area (TPSA) is 68.2 Å². The lowest BCUT2D eigenvalue weighted by Gasteiger charge is -2.45. The maximum Gasteiger partial charge on any atom is 0.412 e. The smallest absolute Gasteiger partial charge is 0.412 e. The predicted octanol–water partition coefficient (Wildman–Crippen LogP) is 4.92. The van der Waals surface area contributed by atoms with Gasteiger partial charge in [-0.25, -0.2) is 4.79 Å². The number of halogens is 3. The first-order valence-electron chi connectivity index (χ1n) is 10.2. The first kappa shape index (κ1) is 27.2. The van der Waals surface area contributed by atoms with Gasteiger partial charge in [-0.05, 0) is 52.8 Å². The van der Waals surface area contributed by atoms with Crippen molar-refractivity contribution in [3.8, 4) is 0 Å². The van der Waals surface area contributed by atoms with Crippen molar-refractivity contribution in [3.05, 3.63) is 0 Å². The molecule has 1 fully saturated rings. The maximum atomic E-state index is 13.9. The molecule has 30 heavy (non-hydrogen) atoms. The van der Waals surface area contributed by atoms with Gasteiger partial charge < -0.3 is 19.0 Å². The molecule has 1 amide bonds. The molecule has 6 nitrogen and oxygen atoms in total. The molecular weight excluding hydrogens is 419 g/mol. The zero-order chi connectivity index (χ0) is 23.9. The minimum atomic E-state index is -4.71. The Morgan fingerprint density at radius 1 is 1.20 bits per heavy atom. The quantitative estimate of drug-likeness (QED) is 0.594. The van der Waals surface area contributed by atoms with E-state index in [1.54, 1.807) is 34.6 Å². The van der Waals surface area contributed by atoms with Crippen LogP contribution in [0.2, 0.25) is 18.1 Å². The van der Waals surface area contributed by atoms with E-state index >= 15 is 0 Å². The van der Waals surface area contributed by atoms with E-state index in [4.69, 9.17) is 13.9 Å². The first-order chi connectivity index (χ1) is 13.1. The van der Waals surface area contributed by atoms with Gasteiger partial charge in [-0.2, -0.15) is 13.2 Å². The molecule has 0 bridgehead atoms. The van der Waals surface area contributed by atoms with Crippen molar-refractivity contribution in [1.82, 2.24) is 4.90 Å². The number of aliphatic hydroxyl groups is 1. The van der Waals surface area contributed by atoms with Crippen molar-refractivity contribution in [2.45, 2.75) is 103 Å². The monoisotopic (exact) mass is 457 g/mol. The van der Waals surface area contributed by atoms with Gasteiger partial charge in [-0.15, -0.1) is 0 Å². The number of hydrogen-bond donors (Lipinski definition) is 1. The number of rotatable bonds is 5. The summed E-state index contributed by atoms with van der Waals surface area (Å²) in [6.07, 6.45) is -6.99. The van der Waals surface area contributed by atoms with Crippen molar-refractivity contribution in [1.29, 1.82) is 0 Å². The summed E-state index contributed by atoms with van der Waals surface area (Å²) in [7, 11) is -2.70. The number of ether oxygens (including phenoxy) is 2. The molecule has 0 aromatic rings. The molecule has 178 valence electrons. The molecule has 0 aliphatic carbocycles. The number of carbonyl (C=O) groups excluding carboxylic acids is 1. The molecule has 1 heterocycles. The van der Waals surface area contributed by atoms with Gasteiger partial charge in [0.05, 0.1) is 25.4 Å². The molecule has 1 saturated heterocycles. The lowest BCUT2D eigenvalue weighted by Crippen LogP contribution is -2.60. The second-order valence-electron chi connectivity index (χ2n) is 10.8. The molecule has 0 radical (unpaired) electrons. The summed E-state index contributed by atoms with van der Waals surface area (Å²) in [5.74, 6) is -2.17. The summed E-state index contributed by atoms with van der Waals surface area (Å²) < 4.78 is 59.0. The Morgan fingerprint density at radius 2 is 1.70 bits per heavy atom. The van der Waals surface area contributed by atoms with Crippen LogP contribution in [0.15, 0.2) is 0 Å². The van der Waals surface area contributed by atoms with Gasteiger partial charge in [-0.3, -0.25) is 4.90 Å². The van der Waals surface area contributed by atoms with Gasteiger partial charge in [0.2, 0.25) is 0 Å². The van der Waals surface area contributed by atoms with Crippen molar-refractivity contribution < 1.29 is 37.0 Å². The zero-order valence-corrected chi connectivity index (χ0v) is 20.8. The summed E-state index contributed by atoms with van der Waals surface area (Å²) >= 11 is 0. The van der Waals surface area contributed by atoms with Crippen molar-refractivity contribution in [2.75, 3.05) is 13.2 Å². The van der Waals surface area contributed by atoms with E-state index in [2.05, 4.69) is 0 Å². The van der Waals surface area contributed by atoms with Gasteiger partial charge in [0.1, 0.15) is 17.2 Å². The number of hydrogen-bond acceptors (Lipinski definition) is 5. The Balaban J connectivity index is 3.48. The lowest BCUT2D eigenvalue weighted by atomic mass is 9.95. The Morgan fingerprint density at radius 3 is 2.07 bits per heavy atom. The average Bonchev–Trinajstić information content (AvgIpc) is 2.77. The van der Waals surface area contributed by atoms with Gasteiger partial charge in [0.15, 0.2) is 8.32 Å². The Labute approximate surface area is 179 Å². The van der Waals surface area contributed by atoms with E-state index in [0.29, 0.717) is 0 Å². The highest BCUT2D eigenvalue weighted by Gasteiger charge is 2.57. The second-order valence-corrected chi connectivity index (χ2v) is 15.6. The maximum absolute atomic E-state index is 13.9. The number of carbonyl (C=O) groups is 1. The van der Waals surface area contributed by atoms with Crippen LogP contribution in [0.3, 0.4) is 0 Å². The zero-order valence-electron chi connectivity index (χ0n) is 19.8. The second kappa shape index (κ2) is 8.59. The van der Waals surface area contributed by atoms with Crippen LogP contribution in [0.1, 0.15) is 55.4 Å². The Kier molecular flexibility index (Phi) is 7.79. The van der Waals surface area contributed by atoms with Crippen LogP contribution in [0, 0.1) is 5.92 Å². The van der Waals surface area contributed by atoms with E-state index < -0.39 is 56.6 Å². The molecule has 0 spiro atoms. The van der Waals surface area contributed by atoms with E-state index in [9.17, 15) is 23.1 Å². The van der Waals surface area contributed by atoms with Crippen LogP contribution in [0.4, 0.5) is 18.0 Å². The van der Waals surface area contributed by atoms with Gasteiger partial charge in [0, 0.05) is 0 Å². The fraction of sp³-hybridized carbons (Fsp3) is 0.950. The summed E-state index contributed by atoms with van der Waals surface area (Å²) in [5, 5.41) is 9.30. The summed E-state index contributed by atoms with van der Waals surface area (Å²) in [5.41, 5.74) is -2.02. The molecule has 0 aromatic heterocycles. The SMILES string of the molecule is CC(C)(C)OC(=O)N1C([C@H](O[Si](C)(C)C(C)(C)C)[C@H](CO)C(F)(F)F)COC1(C)C. The molecule has 3 atom stereocenters. The molecular formula is C20H38F3NO5Si. The number of nitrogens with zero attached hydrogens (tertiary/aromatic N) is 1. The Bertz CT molecular complexity index is 611. The van der Waals surface area contributed by atoms with E-state index in [0.717, 1.165) is 0 Å². The number of alkyl halides is 3. The van der Waals surface area contributed by atoms with Gasteiger partial charge in [-0.1, -0.05) is 20.8 Å². The van der Waals surface area contributed by atoms with E-state index in [-0.39, 0.29) is 11.6 Å². The molecule has 1 unspecified atom stereocenters. The fourth-order valence-corrected chi connectivity index (χ4v) is 4.44. The third kappa shape index (κ3) is 6.33. The molecule has 1 rings (SSSR count). The van der Waals surface area contributed by atoms with Crippen LogP contribution in [-0.4, -0.2) is 67.3 Å². The van der Waals surface area contributed by atoms with Crippen LogP contribution in [0.25, 0.3) is 0 Å². The number of amides is 1. The molecule has 1 aliphatic rings. The van der Waals surface area contributed by atoms with Crippen molar-refractivity contribution in [2.24, 2.45) is 5.92 Å². The van der Waals surface area contributed by atoms with Crippen molar-refractivity contribution >= 4 is 14.4 Å². The highest BCUT2D eigenvalue weighted by Crippen LogP contribution is 2.43. The van der Waals surface area contributed by atoms with Gasteiger partial charge >= 0.3 is 12.3 Å². The van der Waals surface area contributed by atoms with Crippen molar-refractivity contribution in [3.63, 3.8) is 0 Å². The predicted molar refractivity (Wildman–Crippen MR) is 111 cm³/mol. The number of aliphatic hydroxyl groups excluding tert-OH is 1. The van der Waals surface area contributed by atoms with Crippen LogP contribution in [-0.2, 0) is 13.9 Å². The van der Waals surface area contributed by atoms with E-state index in [1.165, 1.54) is 4.90 Å². The molecule has 1 N–H and O–H groups in total. The van der Waals surface area contributed by atoms with Gasteiger partial charge in [0.25, 0.3) is 0 Å². The average molecular weight is 458 g/mol. The summed E-state index contributed by atoms with van der Waals surface area (Å²) in [6, 6.07) is -1.07. The summed E-state index contributed by atoms with van der Waals surface area (Å²) in [6.45, 7) is 16.4. The largest absolute Gasteiger partial charge is 0.444 e. The summed E-state index contributed by atoms with van der Waals surface area (Å²) in [4.78, 5) is 14.1. The normalized spacial score (nSPS) is 22.7. The third-order valence-electron chi connectivity index (χ3n) is 5.74. The van der Waals surface area contributed by atoms with Crippen LogP contribution < -0.4 is 0 Å². The highest BCUT2D eigenvalue weighted by atomic mass is 28.4. The van der Waals surface area contributed by atoms with Crippen LogP contribution in [0.5, 0.6) is 0 Å². The molecule has 10 heteroatoms. The minimum absolute atomic E-state index is 0.155. The molecule has 0 aromatic carbocycles.